The van der Waals surface area contributed by atoms with Crippen molar-refractivity contribution in [2.24, 2.45) is 0 Å². The Bertz CT molecular complexity index is 604. The van der Waals surface area contributed by atoms with Crippen LogP contribution in [0, 0.1) is 0 Å². The lowest BCUT2D eigenvalue weighted by atomic mass is 9.95. The first-order valence-electron chi connectivity index (χ1n) is 7.24. The van der Waals surface area contributed by atoms with Gasteiger partial charge in [0.25, 0.3) is 0 Å². The quantitative estimate of drug-likeness (QED) is 0.947. The van der Waals surface area contributed by atoms with Crippen molar-refractivity contribution in [2.75, 3.05) is 13.1 Å². The number of likely N-dealkylation sites (tertiary alicyclic amines) is 1. The van der Waals surface area contributed by atoms with Crippen molar-refractivity contribution >= 4 is 17.5 Å². The van der Waals surface area contributed by atoms with E-state index in [9.17, 15) is 4.79 Å². The van der Waals surface area contributed by atoms with Gasteiger partial charge in [-0.3, -0.25) is 4.79 Å². The molecule has 0 aliphatic carbocycles. The van der Waals surface area contributed by atoms with Crippen molar-refractivity contribution in [2.45, 2.75) is 25.2 Å². The number of halogens is 1. The Labute approximate surface area is 129 Å². The zero-order valence-corrected chi connectivity index (χ0v) is 12.5. The van der Waals surface area contributed by atoms with Crippen molar-refractivity contribution in [1.29, 1.82) is 0 Å². The Morgan fingerprint density at radius 1 is 1.33 bits per heavy atom. The van der Waals surface area contributed by atoms with E-state index in [0.717, 1.165) is 37.3 Å². The normalized spacial score (nSPS) is 16.1. The molecule has 1 fully saturated rings. The molecule has 21 heavy (non-hydrogen) atoms. The molecule has 110 valence electrons. The third-order valence-electron chi connectivity index (χ3n) is 4.05. The summed E-state index contributed by atoms with van der Waals surface area (Å²) in [6.45, 7) is 1.57. The zero-order valence-electron chi connectivity index (χ0n) is 11.8. The number of carbonyl (C=O) groups excluding carboxylic acids is 1. The second-order valence-electron chi connectivity index (χ2n) is 5.40. The van der Waals surface area contributed by atoms with Crippen LogP contribution < -0.4 is 0 Å². The average Bonchev–Trinajstić information content (AvgIpc) is 3.04. The number of nitrogens with zero attached hydrogens (tertiary/aromatic N) is 2. The van der Waals surface area contributed by atoms with Gasteiger partial charge in [0, 0.05) is 36.4 Å². The minimum atomic E-state index is 0.154. The molecule has 2 aromatic rings. The second kappa shape index (κ2) is 6.31. The number of imidazole rings is 1. The highest BCUT2D eigenvalue weighted by molar-refractivity contribution is 6.31. The van der Waals surface area contributed by atoms with E-state index in [2.05, 4.69) is 9.97 Å². The number of amides is 1. The van der Waals surface area contributed by atoms with Gasteiger partial charge in [-0.2, -0.15) is 0 Å². The number of piperidine rings is 1. The molecule has 0 atom stereocenters. The van der Waals surface area contributed by atoms with Gasteiger partial charge in [0.05, 0.1) is 6.42 Å². The number of aromatic amines is 1. The molecule has 1 aromatic carbocycles. The minimum Gasteiger partial charge on any atom is -0.348 e. The molecular weight excluding hydrogens is 286 g/mol. The lowest BCUT2D eigenvalue weighted by Crippen LogP contribution is -2.39. The van der Waals surface area contributed by atoms with Crippen LogP contribution in [-0.4, -0.2) is 33.9 Å². The van der Waals surface area contributed by atoms with E-state index in [0.29, 0.717) is 17.4 Å². The molecule has 0 radical (unpaired) electrons. The molecule has 1 N–H and O–H groups in total. The summed E-state index contributed by atoms with van der Waals surface area (Å²) in [4.78, 5) is 21.8. The molecule has 1 saturated heterocycles. The fraction of sp³-hybridized carbons (Fsp3) is 0.375. The maximum Gasteiger partial charge on any atom is 0.227 e. The molecule has 0 bridgehead atoms. The van der Waals surface area contributed by atoms with Gasteiger partial charge in [-0.05, 0) is 24.5 Å². The standard InChI is InChI=1S/C16H18ClN3O/c17-14-4-2-1-3-13(14)11-15(21)20-9-5-12(6-10-20)16-18-7-8-19-16/h1-4,7-8,12H,5-6,9-11H2,(H,18,19). The van der Waals surface area contributed by atoms with Crippen LogP contribution in [0.3, 0.4) is 0 Å². The van der Waals surface area contributed by atoms with Gasteiger partial charge in [-0.1, -0.05) is 29.8 Å². The molecule has 3 rings (SSSR count). The monoisotopic (exact) mass is 303 g/mol. The summed E-state index contributed by atoms with van der Waals surface area (Å²) in [5.74, 6) is 1.62. The number of nitrogens with one attached hydrogen (secondary N) is 1. The Morgan fingerprint density at radius 3 is 2.76 bits per heavy atom. The van der Waals surface area contributed by atoms with E-state index in [-0.39, 0.29) is 5.91 Å². The van der Waals surface area contributed by atoms with Gasteiger partial charge in [0.2, 0.25) is 5.91 Å². The molecule has 0 saturated carbocycles. The van der Waals surface area contributed by atoms with Crippen molar-refractivity contribution < 1.29 is 4.79 Å². The number of hydrogen-bond acceptors (Lipinski definition) is 2. The number of H-pyrrole nitrogens is 1. The highest BCUT2D eigenvalue weighted by Gasteiger charge is 2.25. The first-order chi connectivity index (χ1) is 10.2. The summed E-state index contributed by atoms with van der Waals surface area (Å²) in [7, 11) is 0. The number of rotatable bonds is 3. The fourth-order valence-corrected chi connectivity index (χ4v) is 3.02. The van der Waals surface area contributed by atoms with Gasteiger partial charge in [0.1, 0.15) is 5.82 Å². The van der Waals surface area contributed by atoms with Gasteiger partial charge in [-0.15, -0.1) is 0 Å². The van der Waals surface area contributed by atoms with Gasteiger partial charge < -0.3 is 9.88 Å². The number of hydrogen-bond donors (Lipinski definition) is 1. The van der Waals surface area contributed by atoms with Gasteiger partial charge in [-0.25, -0.2) is 4.98 Å². The van der Waals surface area contributed by atoms with E-state index in [4.69, 9.17) is 11.6 Å². The number of aromatic nitrogens is 2. The fourth-order valence-electron chi connectivity index (χ4n) is 2.82. The lowest BCUT2D eigenvalue weighted by Gasteiger charge is -2.31. The summed E-state index contributed by atoms with van der Waals surface area (Å²) in [6, 6.07) is 7.53. The Kier molecular flexibility index (Phi) is 4.25. The van der Waals surface area contributed by atoms with Crippen LogP contribution in [0.15, 0.2) is 36.7 Å². The maximum atomic E-state index is 12.4. The van der Waals surface area contributed by atoms with E-state index >= 15 is 0 Å². The molecule has 1 aromatic heterocycles. The minimum absolute atomic E-state index is 0.154. The molecule has 1 aliphatic rings. The average molecular weight is 304 g/mol. The van der Waals surface area contributed by atoms with Crippen molar-refractivity contribution in [3.05, 3.63) is 53.1 Å². The Morgan fingerprint density at radius 2 is 2.10 bits per heavy atom. The molecule has 2 heterocycles. The van der Waals surface area contributed by atoms with Crippen LogP contribution in [-0.2, 0) is 11.2 Å². The first-order valence-corrected chi connectivity index (χ1v) is 7.62. The first kappa shape index (κ1) is 14.1. The molecule has 4 nitrogen and oxygen atoms in total. The number of benzene rings is 1. The second-order valence-corrected chi connectivity index (χ2v) is 5.80. The van der Waals surface area contributed by atoms with E-state index in [1.807, 2.05) is 35.4 Å². The predicted octanol–water partition coefficient (Wildman–Crippen LogP) is 3.01. The molecule has 1 aliphatic heterocycles. The maximum absolute atomic E-state index is 12.4. The highest BCUT2D eigenvalue weighted by Crippen LogP contribution is 2.26. The van der Waals surface area contributed by atoms with Crippen LogP contribution in [0.5, 0.6) is 0 Å². The topological polar surface area (TPSA) is 49.0 Å². The molecular formula is C16H18ClN3O. The van der Waals surface area contributed by atoms with E-state index in [1.165, 1.54) is 0 Å². The zero-order chi connectivity index (χ0) is 14.7. The van der Waals surface area contributed by atoms with Crippen LogP contribution in [0.2, 0.25) is 5.02 Å². The summed E-state index contributed by atoms with van der Waals surface area (Å²) < 4.78 is 0. The highest BCUT2D eigenvalue weighted by atomic mass is 35.5. The van der Waals surface area contributed by atoms with Crippen LogP contribution >= 0.6 is 11.6 Å². The van der Waals surface area contributed by atoms with Crippen LogP contribution in [0.4, 0.5) is 0 Å². The summed E-state index contributed by atoms with van der Waals surface area (Å²) in [6.07, 6.45) is 5.93. The van der Waals surface area contributed by atoms with Gasteiger partial charge in [0.15, 0.2) is 0 Å². The van der Waals surface area contributed by atoms with E-state index < -0.39 is 0 Å². The van der Waals surface area contributed by atoms with Crippen molar-refractivity contribution in [3.63, 3.8) is 0 Å². The summed E-state index contributed by atoms with van der Waals surface area (Å²) >= 11 is 6.11. The Balaban J connectivity index is 1.57. The number of carbonyl (C=O) groups is 1. The largest absolute Gasteiger partial charge is 0.348 e. The molecule has 5 heteroatoms. The van der Waals surface area contributed by atoms with Crippen LogP contribution in [0.1, 0.15) is 30.1 Å². The van der Waals surface area contributed by atoms with E-state index in [1.54, 1.807) is 6.20 Å². The molecule has 0 unspecified atom stereocenters. The van der Waals surface area contributed by atoms with Crippen molar-refractivity contribution in [1.82, 2.24) is 14.9 Å². The third-order valence-corrected chi connectivity index (χ3v) is 4.42. The van der Waals surface area contributed by atoms with Crippen LogP contribution in [0.25, 0.3) is 0 Å². The Hall–Kier alpha value is -1.81. The molecule has 0 spiro atoms. The summed E-state index contributed by atoms with van der Waals surface area (Å²) in [5.41, 5.74) is 0.900. The van der Waals surface area contributed by atoms with Gasteiger partial charge >= 0.3 is 0 Å². The SMILES string of the molecule is O=C(Cc1ccccc1Cl)N1CCC(c2ncc[nH]2)CC1. The third kappa shape index (κ3) is 3.27. The van der Waals surface area contributed by atoms with Crippen molar-refractivity contribution in [3.8, 4) is 0 Å². The summed E-state index contributed by atoms with van der Waals surface area (Å²) in [5, 5.41) is 0.663. The predicted molar refractivity (Wildman–Crippen MR) is 82.3 cm³/mol. The molecule has 1 amide bonds. The lowest BCUT2D eigenvalue weighted by molar-refractivity contribution is -0.131. The smallest absolute Gasteiger partial charge is 0.227 e.